The van der Waals surface area contributed by atoms with Crippen molar-refractivity contribution in [2.24, 2.45) is 0 Å². The van der Waals surface area contributed by atoms with Crippen molar-refractivity contribution in [3.63, 3.8) is 0 Å². The minimum absolute atomic E-state index is 0.0353. The first-order chi connectivity index (χ1) is 9.43. The third-order valence-corrected chi connectivity index (χ3v) is 4.37. The second kappa shape index (κ2) is 8.17. The molecule has 0 aromatic heterocycles. The summed E-state index contributed by atoms with van der Waals surface area (Å²) in [5, 5.41) is 11.4. The fourth-order valence-electron chi connectivity index (χ4n) is 2.30. The lowest BCUT2D eigenvalue weighted by molar-refractivity contribution is -0.118. The predicted octanol–water partition coefficient (Wildman–Crippen LogP) is 1.01. The highest BCUT2D eigenvalue weighted by atomic mass is 32.2. The van der Waals surface area contributed by atoms with Gasteiger partial charge in [-0.25, -0.2) is 0 Å². The molecule has 1 atom stereocenters. The normalized spacial score (nSPS) is 12.2. The van der Waals surface area contributed by atoms with Gasteiger partial charge < -0.3 is 10.4 Å². The maximum Gasteiger partial charge on any atom is 0.232 e. The van der Waals surface area contributed by atoms with Crippen LogP contribution in [0.15, 0.2) is 12.1 Å². The highest BCUT2D eigenvalue weighted by Crippen LogP contribution is 2.16. The monoisotopic (exact) mass is 297 g/mol. The van der Waals surface area contributed by atoms with Gasteiger partial charge in [0.05, 0.1) is 6.61 Å². The molecule has 20 heavy (non-hydrogen) atoms. The fraction of sp³-hybridized carbons (Fsp3) is 0.533. The first kappa shape index (κ1) is 16.9. The number of hydrogen-bond acceptors (Lipinski definition) is 3. The SMILES string of the molecule is Cc1cc(C)c(CCNC(=O)CS(=O)CCO)c(C)c1. The molecule has 5 heteroatoms. The second-order valence-electron chi connectivity index (χ2n) is 4.99. The first-order valence-electron chi connectivity index (χ1n) is 6.73. The molecule has 1 aromatic rings. The number of aliphatic hydroxyl groups excluding tert-OH is 1. The molecule has 0 aliphatic rings. The van der Waals surface area contributed by atoms with E-state index in [0.717, 1.165) is 6.42 Å². The van der Waals surface area contributed by atoms with Crippen LogP contribution in [0, 0.1) is 20.8 Å². The van der Waals surface area contributed by atoms with Gasteiger partial charge in [0.1, 0.15) is 5.75 Å². The molecule has 0 fully saturated rings. The van der Waals surface area contributed by atoms with Gasteiger partial charge >= 0.3 is 0 Å². The minimum Gasteiger partial charge on any atom is -0.395 e. The smallest absolute Gasteiger partial charge is 0.232 e. The Morgan fingerprint density at radius 3 is 2.40 bits per heavy atom. The standard InChI is InChI=1S/C15H23NO3S/c1-11-8-12(2)14(13(3)9-11)4-5-16-15(18)10-20(19)7-6-17/h8-9,17H,4-7,10H2,1-3H3,(H,16,18). The molecule has 0 heterocycles. The molecule has 0 spiro atoms. The van der Waals surface area contributed by atoms with E-state index < -0.39 is 10.8 Å². The van der Waals surface area contributed by atoms with Gasteiger partial charge in [-0.1, -0.05) is 17.7 Å². The Morgan fingerprint density at radius 1 is 1.25 bits per heavy atom. The molecule has 0 saturated carbocycles. The quantitative estimate of drug-likeness (QED) is 0.789. The largest absolute Gasteiger partial charge is 0.395 e. The fourth-order valence-corrected chi connectivity index (χ4v) is 3.04. The maximum atomic E-state index is 11.6. The zero-order valence-corrected chi connectivity index (χ0v) is 13.2. The Bertz CT molecular complexity index is 477. The van der Waals surface area contributed by atoms with Crippen LogP contribution in [0.3, 0.4) is 0 Å². The molecule has 0 aliphatic heterocycles. The number of benzene rings is 1. The molecule has 1 amide bonds. The summed E-state index contributed by atoms with van der Waals surface area (Å²) >= 11 is 0. The van der Waals surface area contributed by atoms with Gasteiger partial charge in [-0.05, 0) is 43.9 Å². The summed E-state index contributed by atoms with van der Waals surface area (Å²) in [5.74, 6) is -0.102. The van der Waals surface area contributed by atoms with Crippen LogP contribution >= 0.6 is 0 Å². The van der Waals surface area contributed by atoms with Gasteiger partial charge in [0.25, 0.3) is 0 Å². The minimum atomic E-state index is -1.27. The summed E-state index contributed by atoms with van der Waals surface area (Å²) < 4.78 is 11.3. The highest BCUT2D eigenvalue weighted by Gasteiger charge is 2.08. The summed E-state index contributed by atoms with van der Waals surface area (Å²) in [6, 6.07) is 4.28. The number of amides is 1. The number of carbonyl (C=O) groups excluding carboxylic acids is 1. The molecule has 0 bridgehead atoms. The Labute approximate surface area is 123 Å². The van der Waals surface area contributed by atoms with Crippen molar-refractivity contribution >= 4 is 16.7 Å². The van der Waals surface area contributed by atoms with Crippen molar-refractivity contribution in [3.05, 3.63) is 34.4 Å². The van der Waals surface area contributed by atoms with Crippen LogP contribution in [0.1, 0.15) is 22.3 Å². The lowest BCUT2D eigenvalue weighted by atomic mass is 9.97. The van der Waals surface area contributed by atoms with Crippen LogP contribution in [0.2, 0.25) is 0 Å². The summed E-state index contributed by atoms with van der Waals surface area (Å²) in [6.45, 7) is 6.62. The Balaban J connectivity index is 2.45. The van der Waals surface area contributed by atoms with Crippen LogP contribution in [0.25, 0.3) is 0 Å². The van der Waals surface area contributed by atoms with Crippen LogP contribution in [0.5, 0.6) is 0 Å². The predicted molar refractivity (Wildman–Crippen MR) is 82.3 cm³/mol. The molecule has 2 N–H and O–H groups in total. The van der Waals surface area contributed by atoms with E-state index >= 15 is 0 Å². The molecule has 1 rings (SSSR count). The van der Waals surface area contributed by atoms with E-state index in [1.54, 1.807) is 0 Å². The molecule has 0 saturated heterocycles. The molecule has 0 aliphatic carbocycles. The van der Waals surface area contributed by atoms with Gasteiger partial charge in [0.15, 0.2) is 0 Å². The third kappa shape index (κ3) is 5.43. The molecule has 1 unspecified atom stereocenters. The number of aliphatic hydroxyl groups is 1. The number of nitrogens with one attached hydrogen (secondary N) is 1. The van der Waals surface area contributed by atoms with Crippen molar-refractivity contribution in [1.82, 2.24) is 5.32 Å². The van der Waals surface area contributed by atoms with E-state index in [9.17, 15) is 9.00 Å². The lowest BCUT2D eigenvalue weighted by Crippen LogP contribution is -2.31. The summed E-state index contributed by atoms with van der Waals surface area (Å²) in [7, 11) is -1.27. The second-order valence-corrected chi connectivity index (χ2v) is 6.57. The van der Waals surface area contributed by atoms with Crippen molar-refractivity contribution in [2.75, 3.05) is 24.7 Å². The topological polar surface area (TPSA) is 66.4 Å². The van der Waals surface area contributed by atoms with Gasteiger partial charge in [0, 0.05) is 23.1 Å². The number of carbonyl (C=O) groups is 1. The lowest BCUT2D eigenvalue weighted by Gasteiger charge is -2.12. The summed E-state index contributed by atoms with van der Waals surface area (Å²) in [4.78, 5) is 11.6. The van der Waals surface area contributed by atoms with E-state index in [2.05, 4.69) is 38.2 Å². The average molecular weight is 297 g/mol. The van der Waals surface area contributed by atoms with Gasteiger partial charge in [-0.15, -0.1) is 0 Å². The van der Waals surface area contributed by atoms with Crippen LogP contribution < -0.4 is 5.32 Å². The molecule has 1 aromatic carbocycles. The van der Waals surface area contributed by atoms with Crippen LogP contribution in [-0.2, 0) is 22.0 Å². The van der Waals surface area contributed by atoms with Crippen molar-refractivity contribution < 1.29 is 14.1 Å². The molecule has 0 radical (unpaired) electrons. The van der Waals surface area contributed by atoms with Gasteiger partial charge in [-0.2, -0.15) is 0 Å². The third-order valence-electron chi connectivity index (χ3n) is 3.15. The Hall–Kier alpha value is -1.20. The molecule has 112 valence electrons. The zero-order valence-electron chi connectivity index (χ0n) is 12.4. The van der Waals surface area contributed by atoms with E-state index in [0.29, 0.717) is 6.54 Å². The number of aryl methyl sites for hydroxylation is 3. The van der Waals surface area contributed by atoms with E-state index in [1.165, 1.54) is 22.3 Å². The zero-order chi connectivity index (χ0) is 15.1. The average Bonchev–Trinajstić information content (AvgIpc) is 2.32. The van der Waals surface area contributed by atoms with Crippen LogP contribution in [-0.4, -0.2) is 39.9 Å². The van der Waals surface area contributed by atoms with E-state index in [-0.39, 0.29) is 24.0 Å². The maximum absolute atomic E-state index is 11.6. The van der Waals surface area contributed by atoms with Gasteiger partial charge in [0.2, 0.25) is 5.91 Å². The van der Waals surface area contributed by atoms with Crippen molar-refractivity contribution in [2.45, 2.75) is 27.2 Å². The van der Waals surface area contributed by atoms with E-state index in [4.69, 9.17) is 5.11 Å². The first-order valence-corrected chi connectivity index (χ1v) is 8.22. The van der Waals surface area contributed by atoms with Gasteiger partial charge in [-0.3, -0.25) is 9.00 Å². The van der Waals surface area contributed by atoms with E-state index in [1.807, 2.05) is 0 Å². The number of rotatable bonds is 7. The highest BCUT2D eigenvalue weighted by molar-refractivity contribution is 7.85. The Kier molecular flexibility index (Phi) is 6.88. The summed E-state index contributed by atoms with van der Waals surface area (Å²) in [6.07, 6.45) is 0.774. The van der Waals surface area contributed by atoms with Crippen molar-refractivity contribution in [1.29, 1.82) is 0 Å². The summed E-state index contributed by atoms with van der Waals surface area (Å²) in [5.41, 5.74) is 4.97. The van der Waals surface area contributed by atoms with Crippen molar-refractivity contribution in [3.8, 4) is 0 Å². The number of hydrogen-bond donors (Lipinski definition) is 2. The van der Waals surface area contributed by atoms with Crippen LogP contribution in [0.4, 0.5) is 0 Å². The molecule has 4 nitrogen and oxygen atoms in total. The molecular weight excluding hydrogens is 274 g/mol. The molecular formula is C15H23NO3S. The Morgan fingerprint density at radius 2 is 1.85 bits per heavy atom.